The Morgan fingerprint density at radius 2 is 1.54 bits per heavy atom. The maximum Gasteiger partial charge on any atom is 0.408 e. The molecule has 17 heteroatoms. The maximum absolute atomic E-state index is 13.6. The Bertz CT molecular complexity index is 1820. The van der Waals surface area contributed by atoms with E-state index in [0.29, 0.717) is 31.6 Å². The number of rotatable bonds is 23. The van der Waals surface area contributed by atoms with Crippen LogP contribution in [0.2, 0.25) is 0 Å². The number of aliphatic hydroxyl groups excluding tert-OH is 1. The van der Waals surface area contributed by atoms with Crippen molar-refractivity contribution in [2.75, 3.05) is 20.7 Å². The van der Waals surface area contributed by atoms with E-state index in [1.54, 1.807) is 60.9 Å². The summed E-state index contributed by atoms with van der Waals surface area (Å²) in [6.45, 7) is 18.8. The molecule has 5 N–H and O–H groups in total. The smallest absolute Gasteiger partial charge is 0.408 e. The number of carbonyl (C=O) groups excluding carboxylic acids is 6. The van der Waals surface area contributed by atoms with Gasteiger partial charge in [0.15, 0.2) is 0 Å². The minimum atomic E-state index is -1.35. The minimum absolute atomic E-state index is 0. The second-order valence-corrected chi connectivity index (χ2v) is 18.9. The molecule has 1 heterocycles. The number of amides is 3. The number of nitrogens with one attached hydrogen (secondary N) is 4. The van der Waals surface area contributed by atoms with Crippen LogP contribution in [0.5, 0.6) is 5.75 Å². The molecule has 1 saturated heterocycles. The van der Waals surface area contributed by atoms with Gasteiger partial charge in [0.2, 0.25) is 11.8 Å². The number of likely N-dealkylation sites (tertiary alicyclic amines) is 1. The van der Waals surface area contributed by atoms with Gasteiger partial charge < -0.3 is 61.9 Å². The monoisotopic (exact) mass is 1010 g/mol. The predicted molar refractivity (Wildman–Crippen MR) is 253 cm³/mol. The average molecular weight is 1010 g/mol. The zero-order chi connectivity index (χ0) is 49.7. The van der Waals surface area contributed by atoms with E-state index in [0.717, 1.165) is 17.5 Å². The molecule has 373 valence electrons. The second-order valence-electron chi connectivity index (χ2n) is 18.9. The third-order valence-electron chi connectivity index (χ3n) is 10.7. The standard InChI is InChI=1S/C32H52N3O8.C18H25N2O3.Y/c1-19(2)11-14-23(36)18-26(37)27(20(3)4)34-29(38)28(35-31(40)43-32(6,7)8)21(5)42-30(39)25(33-9)17-22-12-15-24(41-10)16-13-22;1-13(2)11-15(19)17(21)20-10-6-9-16(20)18(22)23-12-14-7-4-3-5-8-14;/h11-13,15-16,19-21,25-28,33,37H,14,17-18H2,1-10H3,(H,34,38)(H,35,40);3-5,7-8,13,15-16,19H,6,9-12H2,1-2H3;/q2*-1;/t21-,25+,26+,27-,28+;15-,16-;/m10./s1. The molecule has 0 bridgehead atoms. The van der Waals surface area contributed by atoms with E-state index in [1.165, 1.54) is 11.8 Å². The van der Waals surface area contributed by atoms with E-state index in [4.69, 9.17) is 24.7 Å². The predicted octanol–water partition coefficient (Wildman–Crippen LogP) is 6.55. The Labute approximate surface area is 424 Å². The van der Waals surface area contributed by atoms with Crippen molar-refractivity contribution < 1.29 is 85.5 Å². The van der Waals surface area contributed by atoms with Crippen molar-refractivity contribution in [1.29, 1.82) is 0 Å². The van der Waals surface area contributed by atoms with E-state index in [9.17, 15) is 33.9 Å². The molecular formula is C50H77N5O11Y-2. The molecule has 3 rings (SSSR count). The summed E-state index contributed by atoms with van der Waals surface area (Å²) in [5, 5.41) is 19.1. The first-order valence-electron chi connectivity index (χ1n) is 23.0. The topological polar surface area (TPSA) is 223 Å². The van der Waals surface area contributed by atoms with Gasteiger partial charge in [0, 0.05) is 45.7 Å². The summed E-state index contributed by atoms with van der Waals surface area (Å²) in [5.41, 5.74) is 8.94. The number of likely N-dealkylation sites (N-methyl/N-ethyl adjacent to an activating group) is 1. The Kier molecular flexibility index (Phi) is 27.8. The number of hydrogen-bond donors (Lipinski definition) is 4. The number of methoxy groups -OCH3 is 1. The summed E-state index contributed by atoms with van der Waals surface area (Å²) >= 11 is 0. The number of nitrogens with zero attached hydrogens (tertiary/aromatic N) is 1. The van der Waals surface area contributed by atoms with Gasteiger partial charge in [0.25, 0.3) is 0 Å². The number of hydrogen-bond acceptors (Lipinski definition) is 12. The summed E-state index contributed by atoms with van der Waals surface area (Å²) in [5.74, 6) is -1.14. The summed E-state index contributed by atoms with van der Waals surface area (Å²) in [6, 6.07) is 12.5. The molecule has 16 nitrogen and oxygen atoms in total. The van der Waals surface area contributed by atoms with E-state index < -0.39 is 66.0 Å². The Hall–Kier alpha value is -3.96. The first-order chi connectivity index (χ1) is 31.0. The van der Waals surface area contributed by atoms with Crippen LogP contribution < -0.4 is 20.7 Å². The zero-order valence-electron chi connectivity index (χ0n) is 41.8. The number of esters is 2. The van der Waals surface area contributed by atoms with Gasteiger partial charge in [-0.25, -0.2) is 9.59 Å². The number of carbonyl (C=O) groups is 6. The van der Waals surface area contributed by atoms with E-state index in [-0.39, 0.29) is 87.6 Å². The molecule has 3 amide bonds. The molecule has 0 unspecified atom stereocenters. The number of aliphatic hydroxyl groups is 1. The van der Waals surface area contributed by atoms with Crippen LogP contribution in [0.3, 0.4) is 0 Å². The van der Waals surface area contributed by atoms with Crippen LogP contribution in [0.25, 0.3) is 5.73 Å². The second kappa shape index (κ2) is 30.5. The molecule has 0 spiro atoms. The third-order valence-corrected chi connectivity index (χ3v) is 10.7. The first kappa shape index (κ1) is 61.1. The fourth-order valence-corrected chi connectivity index (χ4v) is 7.11. The van der Waals surface area contributed by atoms with Crippen LogP contribution in [0.1, 0.15) is 112 Å². The molecule has 1 fully saturated rings. The Morgan fingerprint density at radius 1 is 0.910 bits per heavy atom. The van der Waals surface area contributed by atoms with Gasteiger partial charge in [-0.05, 0) is 89.1 Å². The molecule has 1 radical (unpaired) electrons. The summed E-state index contributed by atoms with van der Waals surface area (Å²) in [4.78, 5) is 78.1. The quantitative estimate of drug-likeness (QED) is 0.0529. The molecular weight excluding hydrogens is 935 g/mol. The van der Waals surface area contributed by atoms with Gasteiger partial charge in [-0.1, -0.05) is 96.5 Å². The molecule has 1 aliphatic heterocycles. The molecule has 0 aliphatic carbocycles. The van der Waals surface area contributed by atoms with Crippen molar-refractivity contribution in [2.24, 2.45) is 17.8 Å². The van der Waals surface area contributed by atoms with Crippen LogP contribution in [-0.2, 0) is 83.9 Å². The number of Topliss-reactive ketones (excluding diaryl/α,β-unsaturated/α-hetero) is 1. The Morgan fingerprint density at radius 3 is 2.07 bits per heavy atom. The minimum Gasteiger partial charge on any atom is -0.667 e. The molecule has 0 aromatic heterocycles. The van der Waals surface area contributed by atoms with Crippen molar-refractivity contribution in [3.05, 3.63) is 77.9 Å². The van der Waals surface area contributed by atoms with Gasteiger partial charge in [-0.2, -0.15) is 5.92 Å². The van der Waals surface area contributed by atoms with Crippen molar-refractivity contribution in [2.45, 2.75) is 162 Å². The van der Waals surface area contributed by atoms with Crippen molar-refractivity contribution in [1.82, 2.24) is 20.9 Å². The summed E-state index contributed by atoms with van der Waals surface area (Å²) < 4.78 is 21.6. The molecule has 0 saturated carbocycles. The zero-order valence-corrected chi connectivity index (χ0v) is 44.6. The fourth-order valence-electron chi connectivity index (χ4n) is 7.11. The van der Waals surface area contributed by atoms with Crippen LogP contribution >= 0.6 is 0 Å². The van der Waals surface area contributed by atoms with E-state index in [2.05, 4.69) is 16.0 Å². The first-order valence-corrected chi connectivity index (χ1v) is 23.0. The number of alkyl carbamates (subject to hydrolysis) is 1. The maximum atomic E-state index is 13.6. The van der Waals surface area contributed by atoms with Gasteiger partial charge >= 0.3 is 18.0 Å². The van der Waals surface area contributed by atoms with Crippen molar-refractivity contribution in [3.8, 4) is 5.75 Å². The molecule has 1 aliphatic rings. The van der Waals surface area contributed by atoms with Crippen LogP contribution in [0.15, 0.2) is 54.6 Å². The average Bonchev–Trinajstić information content (AvgIpc) is 3.74. The summed E-state index contributed by atoms with van der Waals surface area (Å²) in [7, 11) is 3.19. The van der Waals surface area contributed by atoms with Crippen LogP contribution in [0, 0.1) is 24.2 Å². The normalized spacial score (nSPS) is 16.3. The van der Waals surface area contributed by atoms with E-state index in [1.807, 2.05) is 76.6 Å². The van der Waals surface area contributed by atoms with E-state index >= 15 is 0 Å². The van der Waals surface area contributed by atoms with Gasteiger partial charge in [0.1, 0.15) is 48.0 Å². The SMILES string of the molecule is CC(C)C[C@H]([NH-])C(=O)N1CCC[C@H]1C(=O)OCc1ccccc1.CN[C@@H](Cc1ccc(OC)cc1)C(=O)O[C@H](C)[C@H](NC(=O)OC(C)(C)C)C(=O)N[C@H](C(C)C)[C@@H](O)CC(=O)C[CH-]C(C)C.[Y]. The molecule has 67 heavy (non-hydrogen) atoms. The van der Waals surface area contributed by atoms with Crippen molar-refractivity contribution >= 4 is 35.6 Å². The summed E-state index contributed by atoms with van der Waals surface area (Å²) in [6.07, 6.45) is 1.02. The fraction of sp³-hybridized carbons (Fsp3) is 0.620. The van der Waals surface area contributed by atoms with Crippen molar-refractivity contribution in [3.63, 3.8) is 0 Å². The van der Waals surface area contributed by atoms with Gasteiger partial charge in [-0.3, -0.25) is 14.4 Å². The van der Waals surface area contributed by atoms with Crippen LogP contribution in [0.4, 0.5) is 4.79 Å². The molecule has 2 aromatic carbocycles. The Balaban J connectivity index is 0.000000783. The largest absolute Gasteiger partial charge is 0.667 e. The number of benzene rings is 2. The van der Waals surface area contributed by atoms with Gasteiger partial charge in [-0.15, -0.1) is 6.42 Å². The van der Waals surface area contributed by atoms with Gasteiger partial charge in [0.05, 0.1) is 19.3 Å². The number of ketones is 1. The number of ether oxygens (including phenoxy) is 4. The molecule has 2 aromatic rings. The third kappa shape index (κ3) is 22.8. The van der Waals surface area contributed by atoms with Crippen LogP contribution in [-0.4, -0.2) is 114 Å². The molecule has 7 atom stereocenters.